The van der Waals surface area contributed by atoms with E-state index in [4.69, 9.17) is 4.74 Å². The highest BCUT2D eigenvalue weighted by Gasteiger charge is 2.17. The zero-order chi connectivity index (χ0) is 18.6. The third-order valence-corrected chi connectivity index (χ3v) is 5.18. The van der Waals surface area contributed by atoms with Gasteiger partial charge in [-0.3, -0.25) is 4.79 Å². The number of nitrogens with zero attached hydrogens (tertiary/aromatic N) is 3. The van der Waals surface area contributed by atoms with Crippen molar-refractivity contribution in [1.82, 2.24) is 20.3 Å². The van der Waals surface area contributed by atoms with Gasteiger partial charge < -0.3 is 10.1 Å². The van der Waals surface area contributed by atoms with Gasteiger partial charge in [0.15, 0.2) is 0 Å². The van der Waals surface area contributed by atoms with Crippen LogP contribution in [0.25, 0.3) is 11.0 Å². The third-order valence-electron chi connectivity index (χ3n) is 5.18. The predicted octanol–water partition coefficient (Wildman–Crippen LogP) is 3.55. The van der Waals surface area contributed by atoms with Crippen molar-refractivity contribution in [3.8, 4) is 5.75 Å². The molecule has 0 radical (unpaired) electrons. The van der Waals surface area contributed by atoms with Gasteiger partial charge in [0, 0.05) is 11.6 Å². The smallest absolute Gasteiger partial charge is 0.251 e. The van der Waals surface area contributed by atoms with Crippen molar-refractivity contribution in [2.45, 2.75) is 44.7 Å². The average molecular weight is 364 g/mol. The summed E-state index contributed by atoms with van der Waals surface area (Å²) in [6.07, 6.45) is 5.81. The first-order valence-electron chi connectivity index (χ1n) is 9.50. The number of hydrogen-bond donors (Lipinski definition) is 1. The van der Waals surface area contributed by atoms with E-state index in [1.165, 1.54) is 19.3 Å². The first kappa shape index (κ1) is 17.5. The van der Waals surface area contributed by atoms with E-state index in [2.05, 4.69) is 15.6 Å². The van der Waals surface area contributed by atoms with Crippen LogP contribution in [0.1, 0.15) is 48.0 Å². The van der Waals surface area contributed by atoms with Gasteiger partial charge in [-0.1, -0.05) is 36.6 Å². The van der Waals surface area contributed by atoms with Crippen molar-refractivity contribution in [1.29, 1.82) is 0 Å². The number of ether oxygens (including phenoxy) is 1. The fourth-order valence-corrected chi connectivity index (χ4v) is 3.69. The van der Waals surface area contributed by atoms with Gasteiger partial charge >= 0.3 is 0 Å². The van der Waals surface area contributed by atoms with Gasteiger partial charge in [0.1, 0.15) is 11.3 Å². The highest BCUT2D eigenvalue weighted by molar-refractivity contribution is 5.97. The van der Waals surface area contributed by atoms with Gasteiger partial charge in [0.25, 0.3) is 5.91 Å². The van der Waals surface area contributed by atoms with E-state index in [9.17, 15) is 4.79 Å². The number of hydrogen-bond acceptors (Lipinski definition) is 4. The maximum Gasteiger partial charge on any atom is 0.251 e. The lowest BCUT2D eigenvalue weighted by Gasteiger charge is -2.22. The first-order valence-corrected chi connectivity index (χ1v) is 9.50. The van der Waals surface area contributed by atoms with Crippen LogP contribution in [0.4, 0.5) is 0 Å². The van der Waals surface area contributed by atoms with Crippen LogP contribution in [0.15, 0.2) is 42.5 Å². The topological polar surface area (TPSA) is 69.0 Å². The molecule has 6 nitrogen and oxygen atoms in total. The van der Waals surface area contributed by atoms with Crippen LogP contribution in [0, 0.1) is 0 Å². The Morgan fingerprint density at radius 2 is 2.04 bits per heavy atom. The van der Waals surface area contributed by atoms with E-state index < -0.39 is 0 Å². The highest BCUT2D eigenvalue weighted by atomic mass is 16.5. The van der Waals surface area contributed by atoms with Crippen LogP contribution in [0.3, 0.4) is 0 Å². The van der Waals surface area contributed by atoms with Gasteiger partial charge in [-0.05, 0) is 48.7 Å². The molecule has 1 aliphatic carbocycles. The van der Waals surface area contributed by atoms with Crippen LogP contribution in [-0.2, 0) is 6.54 Å². The molecule has 4 rings (SSSR count). The molecule has 140 valence electrons. The largest absolute Gasteiger partial charge is 0.497 e. The number of fused-ring (bicyclic) bond motifs is 1. The van der Waals surface area contributed by atoms with Crippen molar-refractivity contribution in [3.05, 3.63) is 53.6 Å². The minimum atomic E-state index is -0.0221. The molecule has 1 amide bonds. The lowest BCUT2D eigenvalue weighted by atomic mass is 9.95. The summed E-state index contributed by atoms with van der Waals surface area (Å²) in [6.45, 7) is 0.599. The molecule has 2 aromatic carbocycles. The number of nitrogens with one attached hydrogen (secondary N) is 1. The number of benzene rings is 2. The number of methoxy groups -OCH3 is 1. The molecule has 1 N–H and O–H groups in total. The molecule has 1 aliphatic rings. The predicted molar refractivity (Wildman–Crippen MR) is 104 cm³/mol. The Kier molecular flexibility index (Phi) is 5.05. The van der Waals surface area contributed by atoms with Crippen LogP contribution >= 0.6 is 0 Å². The van der Waals surface area contributed by atoms with Crippen LogP contribution in [0.2, 0.25) is 0 Å². The second-order valence-electron chi connectivity index (χ2n) is 7.11. The fraction of sp³-hybridized carbons (Fsp3) is 0.381. The number of carbonyl (C=O) groups is 1. The molecule has 0 unspecified atom stereocenters. The lowest BCUT2D eigenvalue weighted by Crippen LogP contribution is -2.36. The molecular formula is C21H24N4O2. The van der Waals surface area contributed by atoms with Gasteiger partial charge in [0.2, 0.25) is 0 Å². The van der Waals surface area contributed by atoms with E-state index in [0.29, 0.717) is 18.2 Å². The zero-order valence-corrected chi connectivity index (χ0v) is 15.5. The molecular weight excluding hydrogens is 340 g/mol. The Bertz CT molecular complexity index is 944. The summed E-state index contributed by atoms with van der Waals surface area (Å²) in [4.78, 5) is 12.5. The van der Waals surface area contributed by atoms with Crippen molar-refractivity contribution in [2.24, 2.45) is 0 Å². The summed E-state index contributed by atoms with van der Waals surface area (Å²) < 4.78 is 7.12. The quantitative estimate of drug-likeness (QED) is 0.752. The summed E-state index contributed by atoms with van der Waals surface area (Å²) in [6, 6.07) is 13.8. The Labute approximate surface area is 158 Å². The van der Waals surface area contributed by atoms with E-state index in [1.807, 2.05) is 47.1 Å². The Balaban J connectivity index is 1.51. The van der Waals surface area contributed by atoms with Gasteiger partial charge in [-0.15, -0.1) is 5.10 Å². The van der Waals surface area contributed by atoms with Crippen LogP contribution in [-0.4, -0.2) is 34.1 Å². The van der Waals surface area contributed by atoms with E-state index in [1.54, 1.807) is 7.11 Å². The monoisotopic (exact) mass is 364 g/mol. The number of carbonyl (C=O) groups excluding carboxylic acids is 1. The normalized spacial score (nSPS) is 15.0. The minimum absolute atomic E-state index is 0.0221. The van der Waals surface area contributed by atoms with Gasteiger partial charge in [-0.2, -0.15) is 0 Å². The van der Waals surface area contributed by atoms with Gasteiger partial charge in [-0.25, -0.2) is 4.68 Å². The van der Waals surface area contributed by atoms with E-state index in [0.717, 1.165) is 35.2 Å². The third kappa shape index (κ3) is 3.94. The standard InChI is InChI=1S/C21H24N4O2/c1-27-18-9-5-6-15(12-18)14-25-20-11-10-16(13-19(20)23-24-25)21(26)22-17-7-3-2-4-8-17/h5-6,9-13,17H,2-4,7-8,14H2,1H3,(H,22,26). The number of rotatable bonds is 5. The zero-order valence-electron chi connectivity index (χ0n) is 15.5. The maximum absolute atomic E-state index is 12.5. The molecule has 27 heavy (non-hydrogen) atoms. The summed E-state index contributed by atoms with van der Waals surface area (Å²) in [5.41, 5.74) is 3.36. The molecule has 0 saturated heterocycles. The van der Waals surface area contributed by atoms with Gasteiger partial charge in [0.05, 0.1) is 19.2 Å². The second kappa shape index (κ2) is 7.78. The lowest BCUT2D eigenvalue weighted by molar-refractivity contribution is 0.0928. The highest BCUT2D eigenvalue weighted by Crippen LogP contribution is 2.20. The summed E-state index contributed by atoms with van der Waals surface area (Å²) >= 11 is 0. The molecule has 6 heteroatoms. The maximum atomic E-state index is 12.5. The van der Waals surface area contributed by atoms with Crippen molar-refractivity contribution in [2.75, 3.05) is 7.11 Å². The molecule has 1 saturated carbocycles. The fourth-order valence-electron chi connectivity index (χ4n) is 3.69. The van der Waals surface area contributed by atoms with Crippen LogP contribution < -0.4 is 10.1 Å². The van der Waals surface area contributed by atoms with Crippen molar-refractivity contribution in [3.63, 3.8) is 0 Å². The van der Waals surface area contributed by atoms with E-state index in [-0.39, 0.29) is 5.91 Å². The Morgan fingerprint density at radius 1 is 1.19 bits per heavy atom. The molecule has 0 spiro atoms. The molecule has 1 aromatic heterocycles. The van der Waals surface area contributed by atoms with E-state index >= 15 is 0 Å². The number of aromatic nitrogens is 3. The summed E-state index contributed by atoms with van der Waals surface area (Å²) in [5, 5.41) is 11.7. The summed E-state index contributed by atoms with van der Waals surface area (Å²) in [7, 11) is 1.66. The Hall–Kier alpha value is -2.89. The first-order chi connectivity index (χ1) is 13.2. The molecule has 1 heterocycles. The van der Waals surface area contributed by atoms with Crippen molar-refractivity contribution < 1.29 is 9.53 Å². The average Bonchev–Trinajstić information content (AvgIpc) is 3.11. The SMILES string of the molecule is COc1cccc(Cn2nnc3cc(C(=O)NC4CCCCC4)ccc32)c1. The molecule has 1 fully saturated rings. The molecule has 0 aliphatic heterocycles. The minimum Gasteiger partial charge on any atom is -0.497 e. The second-order valence-corrected chi connectivity index (χ2v) is 7.11. The van der Waals surface area contributed by atoms with Crippen molar-refractivity contribution >= 4 is 16.9 Å². The number of amides is 1. The molecule has 0 bridgehead atoms. The Morgan fingerprint density at radius 3 is 2.85 bits per heavy atom. The molecule has 0 atom stereocenters. The van der Waals surface area contributed by atoms with Crippen LogP contribution in [0.5, 0.6) is 5.75 Å². The molecule has 3 aromatic rings. The summed E-state index contributed by atoms with van der Waals surface area (Å²) in [5.74, 6) is 0.796.